The fourth-order valence-electron chi connectivity index (χ4n) is 1.49. The number of halogens is 1. The Bertz CT molecular complexity index is 301. The van der Waals surface area contributed by atoms with E-state index in [0.29, 0.717) is 6.54 Å². The monoisotopic (exact) mass is 227 g/mol. The van der Waals surface area contributed by atoms with Crippen molar-refractivity contribution in [2.75, 3.05) is 6.54 Å². The predicted octanol–water partition coefficient (Wildman–Crippen LogP) is 1.59. The fraction of sp³-hybridized carbons (Fsp3) is 0.333. The maximum Gasteiger partial charge on any atom is 0.0918 e. The highest BCUT2D eigenvalue weighted by atomic mass is 79.9. The minimum absolute atomic E-state index is 0.355. The highest BCUT2D eigenvalue weighted by Gasteiger charge is 2.16. The third kappa shape index (κ3) is 1.40. The van der Waals surface area contributed by atoms with Crippen molar-refractivity contribution in [3.8, 4) is 0 Å². The van der Waals surface area contributed by atoms with Crippen LogP contribution in [0.25, 0.3) is 0 Å². The molecule has 2 nitrogen and oxygen atoms in total. The summed E-state index contributed by atoms with van der Waals surface area (Å²) in [7, 11) is 0. The van der Waals surface area contributed by atoms with Crippen molar-refractivity contribution in [1.29, 1.82) is 0 Å². The lowest BCUT2D eigenvalue weighted by Crippen LogP contribution is -2.27. The second-order valence-electron chi connectivity index (χ2n) is 2.99. The summed E-state index contributed by atoms with van der Waals surface area (Å²) in [6.07, 6.45) is -0.355. The van der Waals surface area contributed by atoms with Crippen molar-refractivity contribution in [2.24, 2.45) is 0 Å². The number of β-amino-alcohol motifs (C(OH)–C–C–N with tert-alkyl or cyclic N) is 1. The summed E-state index contributed by atoms with van der Waals surface area (Å²) in [4.78, 5) is 0. The zero-order chi connectivity index (χ0) is 8.55. The molecule has 0 radical (unpaired) electrons. The van der Waals surface area contributed by atoms with Gasteiger partial charge in [0.1, 0.15) is 0 Å². The average Bonchev–Trinajstić information content (AvgIpc) is 2.07. The standard InChI is InChI=1S/C9H10BrNO/c10-7-2-1-6-4-11-5-9(12)8(6)3-7/h1-3,9,11-12H,4-5H2/t9-/m0/s1. The van der Waals surface area contributed by atoms with E-state index < -0.39 is 0 Å². The second-order valence-corrected chi connectivity index (χ2v) is 3.91. The van der Waals surface area contributed by atoms with Gasteiger partial charge in [0, 0.05) is 17.6 Å². The van der Waals surface area contributed by atoms with Gasteiger partial charge in [-0.1, -0.05) is 22.0 Å². The summed E-state index contributed by atoms with van der Waals surface area (Å²) in [5.74, 6) is 0. The first-order valence-corrected chi connectivity index (χ1v) is 4.74. The normalized spacial score (nSPS) is 22.0. The van der Waals surface area contributed by atoms with Gasteiger partial charge in [0.15, 0.2) is 0 Å². The van der Waals surface area contributed by atoms with Gasteiger partial charge in [-0.15, -0.1) is 0 Å². The molecule has 0 amide bonds. The lowest BCUT2D eigenvalue weighted by atomic mass is 9.99. The van der Waals surface area contributed by atoms with Crippen LogP contribution in [0, 0.1) is 0 Å². The van der Waals surface area contributed by atoms with Crippen LogP contribution in [0.2, 0.25) is 0 Å². The van der Waals surface area contributed by atoms with E-state index in [-0.39, 0.29) is 6.10 Å². The Morgan fingerprint density at radius 2 is 2.33 bits per heavy atom. The molecule has 64 valence electrons. The molecule has 0 aliphatic carbocycles. The van der Waals surface area contributed by atoms with Crippen LogP contribution in [0.1, 0.15) is 17.2 Å². The van der Waals surface area contributed by atoms with Crippen molar-refractivity contribution in [1.82, 2.24) is 5.32 Å². The third-order valence-corrected chi connectivity index (χ3v) is 2.61. The zero-order valence-electron chi connectivity index (χ0n) is 6.55. The van der Waals surface area contributed by atoms with Crippen molar-refractivity contribution in [2.45, 2.75) is 12.6 Å². The number of aliphatic hydroxyl groups excluding tert-OH is 1. The first-order valence-electron chi connectivity index (χ1n) is 3.94. The van der Waals surface area contributed by atoms with Crippen molar-refractivity contribution in [3.63, 3.8) is 0 Å². The van der Waals surface area contributed by atoms with E-state index in [0.717, 1.165) is 16.6 Å². The number of aliphatic hydroxyl groups is 1. The van der Waals surface area contributed by atoms with Gasteiger partial charge in [-0.05, 0) is 23.3 Å². The van der Waals surface area contributed by atoms with Crippen molar-refractivity contribution >= 4 is 15.9 Å². The molecule has 1 heterocycles. The van der Waals surface area contributed by atoms with Gasteiger partial charge >= 0.3 is 0 Å². The SMILES string of the molecule is O[C@H]1CNCc2ccc(Br)cc21. The lowest BCUT2D eigenvalue weighted by molar-refractivity contribution is 0.165. The second kappa shape index (κ2) is 3.17. The van der Waals surface area contributed by atoms with E-state index in [1.165, 1.54) is 5.56 Å². The molecule has 3 heteroatoms. The van der Waals surface area contributed by atoms with Crippen LogP contribution in [0.3, 0.4) is 0 Å². The summed E-state index contributed by atoms with van der Waals surface area (Å²) in [6, 6.07) is 6.02. The molecule has 0 bridgehead atoms. The van der Waals surface area contributed by atoms with Crippen LogP contribution in [-0.2, 0) is 6.54 Å². The highest BCUT2D eigenvalue weighted by Crippen LogP contribution is 2.24. The molecule has 0 aromatic heterocycles. The summed E-state index contributed by atoms with van der Waals surface area (Å²) >= 11 is 3.39. The Kier molecular flexibility index (Phi) is 2.17. The Labute approximate surface area is 79.7 Å². The van der Waals surface area contributed by atoms with E-state index in [4.69, 9.17) is 0 Å². The van der Waals surface area contributed by atoms with Crippen LogP contribution in [0.4, 0.5) is 0 Å². The minimum Gasteiger partial charge on any atom is -0.387 e. The lowest BCUT2D eigenvalue weighted by Gasteiger charge is -2.22. The molecular weight excluding hydrogens is 218 g/mol. The molecule has 2 rings (SSSR count). The Morgan fingerprint density at radius 3 is 3.17 bits per heavy atom. The molecule has 1 aliphatic heterocycles. The molecule has 0 saturated carbocycles. The molecule has 0 fully saturated rings. The maximum atomic E-state index is 9.60. The van der Waals surface area contributed by atoms with E-state index in [2.05, 4.69) is 21.2 Å². The van der Waals surface area contributed by atoms with Crippen LogP contribution in [0.5, 0.6) is 0 Å². The molecule has 0 spiro atoms. The van der Waals surface area contributed by atoms with Crippen molar-refractivity contribution < 1.29 is 5.11 Å². The smallest absolute Gasteiger partial charge is 0.0918 e. The van der Waals surface area contributed by atoms with Crippen LogP contribution in [0.15, 0.2) is 22.7 Å². The molecule has 0 saturated heterocycles. The number of benzene rings is 1. The number of nitrogens with one attached hydrogen (secondary N) is 1. The zero-order valence-corrected chi connectivity index (χ0v) is 8.13. The van der Waals surface area contributed by atoms with Gasteiger partial charge in [0.05, 0.1) is 6.10 Å². The first kappa shape index (κ1) is 8.23. The number of rotatable bonds is 0. The Balaban J connectivity index is 2.47. The Hall–Kier alpha value is -0.380. The van der Waals surface area contributed by atoms with Gasteiger partial charge in [-0.3, -0.25) is 0 Å². The van der Waals surface area contributed by atoms with Gasteiger partial charge in [-0.25, -0.2) is 0 Å². The van der Waals surface area contributed by atoms with E-state index in [1.54, 1.807) is 0 Å². The molecule has 1 aromatic rings. The topological polar surface area (TPSA) is 32.3 Å². The first-order chi connectivity index (χ1) is 5.77. The number of fused-ring (bicyclic) bond motifs is 1. The summed E-state index contributed by atoms with van der Waals surface area (Å²) in [6.45, 7) is 1.52. The van der Waals surface area contributed by atoms with E-state index >= 15 is 0 Å². The van der Waals surface area contributed by atoms with Gasteiger partial charge in [0.25, 0.3) is 0 Å². The number of hydrogen-bond donors (Lipinski definition) is 2. The molecule has 1 atom stereocenters. The van der Waals surface area contributed by atoms with Gasteiger partial charge < -0.3 is 10.4 Å². The van der Waals surface area contributed by atoms with Crippen LogP contribution in [-0.4, -0.2) is 11.7 Å². The predicted molar refractivity (Wildman–Crippen MR) is 50.8 cm³/mol. The van der Waals surface area contributed by atoms with E-state index in [1.807, 2.05) is 18.2 Å². The van der Waals surface area contributed by atoms with Gasteiger partial charge in [-0.2, -0.15) is 0 Å². The number of hydrogen-bond acceptors (Lipinski definition) is 2. The fourth-order valence-corrected chi connectivity index (χ4v) is 1.87. The Morgan fingerprint density at radius 1 is 1.50 bits per heavy atom. The largest absolute Gasteiger partial charge is 0.387 e. The van der Waals surface area contributed by atoms with Crippen LogP contribution >= 0.6 is 15.9 Å². The highest BCUT2D eigenvalue weighted by molar-refractivity contribution is 9.10. The molecule has 0 unspecified atom stereocenters. The molecule has 1 aromatic carbocycles. The summed E-state index contributed by atoms with van der Waals surface area (Å²) in [5.41, 5.74) is 2.24. The maximum absolute atomic E-state index is 9.60. The van der Waals surface area contributed by atoms with Crippen LogP contribution < -0.4 is 5.32 Å². The quantitative estimate of drug-likeness (QED) is 0.706. The summed E-state index contributed by atoms with van der Waals surface area (Å²) < 4.78 is 1.03. The van der Waals surface area contributed by atoms with Crippen molar-refractivity contribution in [3.05, 3.63) is 33.8 Å². The minimum atomic E-state index is -0.355. The van der Waals surface area contributed by atoms with E-state index in [9.17, 15) is 5.11 Å². The molecular formula is C9H10BrNO. The molecule has 12 heavy (non-hydrogen) atoms. The molecule has 2 N–H and O–H groups in total. The van der Waals surface area contributed by atoms with Gasteiger partial charge in [0.2, 0.25) is 0 Å². The summed E-state index contributed by atoms with van der Waals surface area (Å²) in [5, 5.41) is 12.7. The third-order valence-electron chi connectivity index (χ3n) is 2.12. The average molecular weight is 228 g/mol. The molecule has 1 aliphatic rings.